The van der Waals surface area contributed by atoms with Gasteiger partial charge in [-0.05, 0) is 95.2 Å². The van der Waals surface area contributed by atoms with Crippen molar-refractivity contribution in [3.63, 3.8) is 0 Å². The number of hydrogen-bond acceptors (Lipinski definition) is 0. The van der Waals surface area contributed by atoms with Crippen molar-refractivity contribution >= 4 is 22.6 Å². The van der Waals surface area contributed by atoms with Gasteiger partial charge in [0.15, 0.2) is 0 Å². The van der Waals surface area contributed by atoms with Crippen LogP contribution in [0.1, 0.15) is 72.6 Å². The molecule has 3 aliphatic rings. The molecule has 144 valence electrons. The molecular formula is C25H37I. The third-order valence-electron chi connectivity index (χ3n) is 7.88. The molecule has 0 spiro atoms. The van der Waals surface area contributed by atoms with Gasteiger partial charge in [0.05, 0.1) is 0 Å². The van der Waals surface area contributed by atoms with Gasteiger partial charge in [-0.2, -0.15) is 0 Å². The highest BCUT2D eigenvalue weighted by Gasteiger charge is 2.50. The van der Waals surface area contributed by atoms with E-state index in [4.69, 9.17) is 0 Å². The summed E-state index contributed by atoms with van der Waals surface area (Å²) in [6, 6.07) is 0. The molecule has 0 aromatic rings. The van der Waals surface area contributed by atoms with Gasteiger partial charge in [-0.25, -0.2) is 0 Å². The van der Waals surface area contributed by atoms with E-state index in [1.807, 2.05) is 0 Å². The van der Waals surface area contributed by atoms with Crippen molar-refractivity contribution in [3.05, 3.63) is 45.6 Å². The van der Waals surface area contributed by atoms with E-state index in [-0.39, 0.29) is 0 Å². The van der Waals surface area contributed by atoms with E-state index >= 15 is 0 Å². The molecule has 6 atom stereocenters. The molecule has 0 N–H and O–H groups in total. The van der Waals surface area contributed by atoms with Crippen LogP contribution in [0.2, 0.25) is 0 Å². The van der Waals surface area contributed by atoms with Crippen molar-refractivity contribution in [1.29, 1.82) is 0 Å². The molecule has 0 radical (unpaired) electrons. The van der Waals surface area contributed by atoms with Crippen LogP contribution in [-0.2, 0) is 0 Å². The van der Waals surface area contributed by atoms with Crippen LogP contribution in [0.25, 0.3) is 0 Å². The van der Waals surface area contributed by atoms with Crippen LogP contribution >= 0.6 is 22.6 Å². The van der Waals surface area contributed by atoms with Gasteiger partial charge >= 0.3 is 0 Å². The van der Waals surface area contributed by atoms with Crippen molar-refractivity contribution in [1.82, 2.24) is 0 Å². The fourth-order valence-electron chi connectivity index (χ4n) is 6.43. The Hall–Kier alpha value is -0.310. The smallest absolute Gasteiger partial charge is 0.0143 e. The summed E-state index contributed by atoms with van der Waals surface area (Å²) in [6.45, 7) is 14.2. The molecule has 0 heterocycles. The standard InChI is InChI=1S/C25H37I/c1-17-15-19(3)20(4)22(16-17)9-8-21-7-6-13-25(5)23(10-11-24(21)25)18(2)12-14-26/h8-9,12,14,17-19,23-24H,4,6-7,10-11,13,15-16H2,1-3,5H3/b14-12+,21-8+,22-9+/t17-,18+,19-,23?,24-,25+/m0/s1. The first kappa shape index (κ1) is 20.4. The molecule has 0 bridgehead atoms. The lowest BCUT2D eigenvalue weighted by atomic mass is 9.61. The highest BCUT2D eigenvalue weighted by Crippen LogP contribution is 2.59. The summed E-state index contributed by atoms with van der Waals surface area (Å²) in [5.41, 5.74) is 5.15. The Morgan fingerprint density at radius 1 is 1.23 bits per heavy atom. The van der Waals surface area contributed by atoms with Crippen LogP contribution in [0.15, 0.2) is 45.6 Å². The lowest BCUT2D eigenvalue weighted by Crippen LogP contribution is -2.35. The zero-order chi connectivity index (χ0) is 18.9. The molecule has 0 aromatic heterocycles. The van der Waals surface area contributed by atoms with Gasteiger partial charge in [0.25, 0.3) is 0 Å². The molecular weight excluding hydrogens is 427 g/mol. The molecule has 3 fully saturated rings. The van der Waals surface area contributed by atoms with E-state index in [1.54, 1.807) is 5.57 Å². The van der Waals surface area contributed by atoms with E-state index in [0.29, 0.717) is 17.3 Å². The van der Waals surface area contributed by atoms with E-state index in [2.05, 4.69) is 79.2 Å². The molecule has 0 aliphatic heterocycles. The Morgan fingerprint density at radius 3 is 2.73 bits per heavy atom. The van der Waals surface area contributed by atoms with E-state index in [0.717, 1.165) is 17.8 Å². The summed E-state index contributed by atoms with van der Waals surface area (Å²) in [6.07, 6.45) is 16.8. The maximum absolute atomic E-state index is 4.40. The number of halogens is 1. The second kappa shape index (κ2) is 8.37. The Labute approximate surface area is 175 Å². The van der Waals surface area contributed by atoms with Crippen LogP contribution in [0, 0.1) is 35.0 Å². The number of fused-ring (bicyclic) bond motifs is 1. The Kier molecular flexibility index (Phi) is 6.57. The zero-order valence-electron chi connectivity index (χ0n) is 17.2. The molecule has 0 saturated heterocycles. The molecule has 1 heteroatoms. The SMILES string of the molecule is C=C1/C(=C/C=C2\CCC[C@]3(C)C([C@H](C)/C=C/I)CC[C@@H]23)C[C@@H](C)C[C@@H]1C. The third-order valence-corrected chi connectivity index (χ3v) is 8.29. The minimum Gasteiger partial charge on any atom is -0.0953 e. The second-order valence-corrected chi connectivity index (χ2v) is 10.4. The van der Waals surface area contributed by atoms with Crippen molar-refractivity contribution in [2.45, 2.75) is 72.6 Å². The first-order valence-corrected chi connectivity index (χ1v) is 12.0. The predicted molar refractivity (Wildman–Crippen MR) is 123 cm³/mol. The van der Waals surface area contributed by atoms with Crippen LogP contribution in [0.5, 0.6) is 0 Å². The highest BCUT2D eigenvalue weighted by molar-refractivity contribution is 14.1. The number of hydrogen-bond donors (Lipinski definition) is 0. The topological polar surface area (TPSA) is 0 Å². The Bertz CT molecular complexity index is 622. The first-order valence-electron chi connectivity index (χ1n) is 10.7. The summed E-state index contributed by atoms with van der Waals surface area (Å²) in [5.74, 6) is 3.80. The average molecular weight is 464 g/mol. The number of rotatable bonds is 3. The lowest BCUT2D eigenvalue weighted by molar-refractivity contribution is 0.112. The molecule has 3 saturated carbocycles. The van der Waals surface area contributed by atoms with Gasteiger partial charge in [-0.3, -0.25) is 0 Å². The highest BCUT2D eigenvalue weighted by atomic mass is 127. The van der Waals surface area contributed by atoms with Crippen LogP contribution < -0.4 is 0 Å². The molecule has 1 unspecified atom stereocenters. The monoisotopic (exact) mass is 464 g/mol. The molecule has 0 aromatic carbocycles. The van der Waals surface area contributed by atoms with Crippen molar-refractivity contribution in [2.75, 3.05) is 0 Å². The summed E-state index contributed by atoms with van der Waals surface area (Å²) in [4.78, 5) is 0. The van der Waals surface area contributed by atoms with E-state index < -0.39 is 0 Å². The Balaban J connectivity index is 1.82. The predicted octanol–water partition coefficient (Wildman–Crippen LogP) is 8.26. The van der Waals surface area contributed by atoms with E-state index in [9.17, 15) is 0 Å². The zero-order valence-corrected chi connectivity index (χ0v) is 19.4. The second-order valence-electron chi connectivity index (χ2n) is 9.68. The fourth-order valence-corrected chi connectivity index (χ4v) is 7.08. The van der Waals surface area contributed by atoms with Gasteiger partial charge in [-0.15, -0.1) is 0 Å². The Morgan fingerprint density at radius 2 is 2.00 bits per heavy atom. The quantitative estimate of drug-likeness (QED) is 0.369. The summed E-state index contributed by atoms with van der Waals surface area (Å²) in [5, 5.41) is 0. The molecule has 3 aliphatic carbocycles. The lowest BCUT2D eigenvalue weighted by Gasteiger charge is -2.44. The molecule has 0 amide bonds. The normalized spacial score (nSPS) is 42.6. The summed E-state index contributed by atoms with van der Waals surface area (Å²) >= 11 is 2.38. The van der Waals surface area contributed by atoms with Crippen molar-refractivity contribution in [3.8, 4) is 0 Å². The van der Waals surface area contributed by atoms with Gasteiger partial charge in [-0.1, -0.05) is 80.7 Å². The van der Waals surface area contributed by atoms with Crippen molar-refractivity contribution in [2.24, 2.45) is 35.0 Å². The molecule has 0 nitrogen and oxygen atoms in total. The van der Waals surface area contributed by atoms with Gasteiger partial charge in [0.2, 0.25) is 0 Å². The third kappa shape index (κ3) is 3.93. The van der Waals surface area contributed by atoms with Gasteiger partial charge < -0.3 is 0 Å². The fraction of sp³-hybridized carbons (Fsp3) is 0.680. The van der Waals surface area contributed by atoms with Crippen LogP contribution in [0.3, 0.4) is 0 Å². The minimum absolute atomic E-state index is 0.502. The molecule has 26 heavy (non-hydrogen) atoms. The van der Waals surface area contributed by atoms with Gasteiger partial charge in [0.1, 0.15) is 0 Å². The summed E-state index contributed by atoms with van der Waals surface area (Å²) < 4.78 is 2.22. The van der Waals surface area contributed by atoms with Crippen LogP contribution in [0.4, 0.5) is 0 Å². The minimum atomic E-state index is 0.502. The van der Waals surface area contributed by atoms with Gasteiger partial charge in [0, 0.05) is 0 Å². The summed E-state index contributed by atoms with van der Waals surface area (Å²) in [7, 11) is 0. The first-order chi connectivity index (χ1) is 12.4. The largest absolute Gasteiger partial charge is 0.0953 e. The maximum Gasteiger partial charge on any atom is -0.0143 e. The molecule has 3 rings (SSSR count). The maximum atomic E-state index is 4.40. The number of allylic oxidation sites excluding steroid dienone is 6. The average Bonchev–Trinajstić information content (AvgIpc) is 2.94. The van der Waals surface area contributed by atoms with Crippen molar-refractivity contribution < 1.29 is 0 Å². The van der Waals surface area contributed by atoms with E-state index in [1.165, 1.54) is 56.1 Å². The van der Waals surface area contributed by atoms with Crippen LogP contribution in [-0.4, -0.2) is 0 Å².